The zero-order valence-corrected chi connectivity index (χ0v) is 12.1. The van der Waals surface area contributed by atoms with Crippen molar-refractivity contribution in [3.8, 4) is 0 Å². The molecule has 18 heavy (non-hydrogen) atoms. The Labute approximate surface area is 111 Å². The highest BCUT2D eigenvalue weighted by Gasteiger charge is 2.55. The third-order valence-corrected chi connectivity index (χ3v) is 4.63. The van der Waals surface area contributed by atoms with Gasteiger partial charge in [0, 0.05) is 12.6 Å². The molecule has 3 atom stereocenters. The summed E-state index contributed by atoms with van der Waals surface area (Å²) in [5.74, 6) is 0.676. The first-order valence-electron chi connectivity index (χ1n) is 7.55. The third kappa shape index (κ3) is 2.29. The van der Waals surface area contributed by atoms with Gasteiger partial charge in [-0.15, -0.1) is 0 Å². The van der Waals surface area contributed by atoms with Gasteiger partial charge in [0.1, 0.15) is 0 Å². The Bertz CT molecular complexity index is 305. The van der Waals surface area contributed by atoms with E-state index in [0.29, 0.717) is 18.6 Å². The standard InChI is InChI=1S/C15H27NO2/c1-4-9-16-11-12(3)10-15(14(17)18-5-2)8-6-7-13(15)16/h12-13H,4-11H2,1-3H3/t12-,13+,15+/m0/s1. The van der Waals surface area contributed by atoms with Crippen molar-refractivity contribution >= 4 is 5.97 Å². The zero-order chi connectivity index (χ0) is 13.2. The number of fused-ring (bicyclic) bond motifs is 1. The number of hydrogen-bond donors (Lipinski definition) is 0. The molecule has 2 aliphatic rings. The van der Waals surface area contributed by atoms with Gasteiger partial charge in [0.15, 0.2) is 0 Å². The fourth-order valence-electron chi connectivity index (χ4n) is 4.17. The fraction of sp³-hybridized carbons (Fsp3) is 0.933. The predicted octanol–water partition coefficient (Wildman–Crippen LogP) is 2.84. The lowest BCUT2D eigenvalue weighted by atomic mass is 9.71. The van der Waals surface area contributed by atoms with Crippen LogP contribution in [0.2, 0.25) is 0 Å². The molecule has 0 aromatic rings. The lowest BCUT2D eigenvalue weighted by Gasteiger charge is -2.47. The van der Waals surface area contributed by atoms with Gasteiger partial charge >= 0.3 is 5.97 Å². The van der Waals surface area contributed by atoms with E-state index in [1.54, 1.807) is 0 Å². The molecular weight excluding hydrogens is 226 g/mol. The number of nitrogens with zero attached hydrogens (tertiary/aromatic N) is 1. The number of likely N-dealkylation sites (tertiary alicyclic amines) is 1. The summed E-state index contributed by atoms with van der Waals surface area (Å²) in [6, 6.07) is 0.438. The van der Waals surface area contributed by atoms with Gasteiger partial charge < -0.3 is 4.74 Å². The molecule has 0 bridgehead atoms. The van der Waals surface area contributed by atoms with Crippen LogP contribution in [0.4, 0.5) is 0 Å². The number of piperidine rings is 1. The fourth-order valence-corrected chi connectivity index (χ4v) is 4.17. The lowest BCUT2D eigenvalue weighted by molar-refractivity contribution is -0.163. The van der Waals surface area contributed by atoms with Crippen LogP contribution in [0.25, 0.3) is 0 Å². The quantitative estimate of drug-likeness (QED) is 0.722. The van der Waals surface area contributed by atoms with Crippen LogP contribution < -0.4 is 0 Å². The van der Waals surface area contributed by atoms with E-state index in [1.165, 1.54) is 19.3 Å². The molecule has 3 nitrogen and oxygen atoms in total. The number of ether oxygens (including phenoxy) is 1. The largest absolute Gasteiger partial charge is 0.466 e. The highest BCUT2D eigenvalue weighted by molar-refractivity contribution is 5.78. The van der Waals surface area contributed by atoms with Crippen LogP contribution in [0.15, 0.2) is 0 Å². The van der Waals surface area contributed by atoms with Crippen molar-refractivity contribution in [3.05, 3.63) is 0 Å². The SMILES string of the molecule is CCCN1C[C@@H](C)C[C@]2(C(=O)OCC)CCC[C@@H]12. The Morgan fingerprint density at radius 3 is 2.89 bits per heavy atom. The molecule has 3 heteroatoms. The minimum absolute atomic E-state index is 0.0696. The summed E-state index contributed by atoms with van der Waals surface area (Å²) in [5, 5.41) is 0. The molecule has 2 rings (SSSR count). The second kappa shape index (κ2) is 5.60. The average Bonchev–Trinajstić information content (AvgIpc) is 2.74. The summed E-state index contributed by atoms with van der Waals surface area (Å²) >= 11 is 0. The zero-order valence-electron chi connectivity index (χ0n) is 12.1. The molecule has 0 N–H and O–H groups in total. The maximum Gasteiger partial charge on any atom is 0.313 e. The van der Waals surface area contributed by atoms with Crippen molar-refractivity contribution in [2.75, 3.05) is 19.7 Å². The van der Waals surface area contributed by atoms with Crippen molar-refractivity contribution in [2.24, 2.45) is 11.3 Å². The molecule has 0 unspecified atom stereocenters. The first-order chi connectivity index (χ1) is 8.64. The number of esters is 1. The second-order valence-corrected chi connectivity index (χ2v) is 6.09. The predicted molar refractivity (Wildman–Crippen MR) is 72.4 cm³/mol. The van der Waals surface area contributed by atoms with Crippen LogP contribution in [-0.2, 0) is 9.53 Å². The molecule has 1 saturated heterocycles. The number of carbonyl (C=O) groups is 1. The Morgan fingerprint density at radius 2 is 2.22 bits per heavy atom. The van der Waals surface area contributed by atoms with Crippen molar-refractivity contribution in [3.63, 3.8) is 0 Å². The maximum atomic E-state index is 12.4. The van der Waals surface area contributed by atoms with Gasteiger partial charge in [0.05, 0.1) is 12.0 Å². The summed E-state index contributed by atoms with van der Waals surface area (Å²) in [6.07, 6.45) is 5.57. The van der Waals surface area contributed by atoms with Gasteiger partial charge in [-0.1, -0.05) is 20.3 Å². The molecule has 104 valence electrons. The number of rotatable bonds is 4. The molecule has 0 radical (unpaired) electrons. The van der Waals surface area contributed by atoms with E-state index in [0.717, 1.165) is 25.9 Å². The molecule has 0 aromatic carbocycles. The Kier molecular flexibility index (Phi) is 4.31. The Hall–Kier alpha value is -0.570. The first-order valence-corrected chi connectivity index (χ1v) is 7.55. The molecule has 0 amide bonds. The van der Waals surface area contributed by atoms with E-state index in [1.807, 2.05) is 6.92 Å². The monoisotopic (exact) mass is 253 g/mol. The van der Waals surface area contributed by atoms with Gasteiger partial charge in [-0.2, -0.15) is 0 Å². The summed E-state index contributed by atoms with van der Waals surface area (Å²) in [7, 11) is 0. The molecule has 1 saturated carbocycles. The van der Waals surface area contributed by atoms with Gasteiger partial charge in [0.25, 0.3) is 0 Å². The minimum Gasteiger partial charge on any atom is -0.466 e. The molecule has 2 fully saturated rings. The summed E-state index contributed by atoms with van der Waals surface area (Å²) < 4.78 is 5.40. The van der Waals surface area contributed by atoms with Gasteiger partial charge in [0.2, 0.25) is 0 Å². The van der Waals surface area contributed by atoms with E-state index in [9.17, 15) is 4.79 Å². The highest BCUT2D eigenvalue weighted by Crippen LogP contribution is 2.50. The van der Waals surface area contributed by atoms with E-state index >= 15 is 0 Å². The molecule has 1 aliphatic heterocycles. The molecule has 0 spiro atoms. The normalized spacial score (nSPS) is 36.4. The summed E-state index contributed by atoms with van der Waals surface area (Å²) in [6.45, 7) is 9.19. The molecule has 1 heterocycles. The van der Waals surface area contributed by atoms with E-state index in [-0.39, 0.29) is 11.4 Å². The van der Waals surface area contributed by atoms with Gasteiger partial charge in [-0.05, 0) is 45.1 Å². The van der Waals surface area contributed by atoms with Crippen LogP contribution in [-0.4, -0.2) is 36.6 Å². The molecular formula is C15H27NO2. The van der Waals surface area contributed by atoms with Gasteiger partial charge in [-0.25, -0.2) is 0 Å². The average molecular weight is 253 g/mol. The minimum atomic E-state index is -0.192. The van der Waals surface area contributed by atoms with Crippen molar-refractivity contribution in [2.45, 2.75) is 58.9 Å². The Morgan fingerprint density at radius 1 is 1.44 bits per heavy atom. The summed E-state index contributed by atoms with van der Waals surface area (Å²) in [5.41, 5.74) is -0.192. The van der Waals surface area contributed by atoms with E-state index in [2.05, 4.69) is 18.7 Å². The van der Waals surface area contributed by atoms with Crippen LogP contribution >= 0.6 is 0 Å². The van der Waals surface area contributed by atoms with Crippen LogP contribution in [0, 0.1) is 11.3 Å². The highest BCUT2D eigenvalue weighted by atomic mass is 16.5. The van der Waals surface area contributed by atoms with Gasteiger partial charge in [-0.3, -0.25) is 9.69 Å². The Balaban J connectivity index is 2.21. The van der Waals surface area contributed by atoms with Crippen LogP contribution in [0.5, 0.6) is 0 Å². The maximum absolute atomic E-state index is 12.4. The third-order valence-electron chi connectivity index (χ3n) is 4.63. The second-order valence-electron chi connectivity index (χ2n) is 6.09. The van der Waals surface area contributed by atoms with E-state index < -0.39 is 0 Å². The van der Waals surface area contributed by atoms with E-state index in [4.69, 9.17) is 4.74 Å². The smallest absolute Gasteiger partial charge is 0.313 e. The van der Waals surface area contributed by atoms with Crippen LogP contribution in [0.1, 0.15) is 52.9 Å². The molecule has 1 aliphatic carbocycles. The lowest BCUT2D eigenvalue weighted by Crippen LogP contribution is -2.56. The number of hydrogen-bond acceptors (Lipinski definition) is 3. The van der Waals surface area contributed by atoms with Crippen molar-refractivity contribution in [1.82, 2.24) is 4.90 Å². The topological polar surface area (TPSA) is 29.5 Å². The molecule has 0 aromatic heterocycles. The number of carbonyl (C=O) groups excluding carboxylic acids is 1. The van der Waals surface area contributed by atoms with Crippen LogP contribution in [0.3, 0.4) is 0 Å². The van der Waals surface area contributed by atoms with Crippen molar-refractivity contribution < 1.29 is 9.53 Å². The summed E-state index contributed by atoms with van der Waals surface area (Å²) in [4.78, 5) is 15.0. The van der Waals surface area contributed by atoms with Crippen molar-refractivity contribution in [1.29, 1.82) is 0 Å². The first kappa shape index (κ1) is 13.9.